The minimum Gasteiger partial charge on any atom is -0.299 e. The van der Waals surface area contributed by atoms with E-state index in [1.54, 1.807) is 0 Å². The van der Waals surface area contributed by atoms with Crippen molar-refractivity contribution in [2.75, 3.05) is 0 Å². The van der Waals surface area contributed by atoms with Crippen LogP contribution in [0.3, 0.4) is 0 Å². The van der Waals surface area contributed by atoms with Crippen LogP contribution in [0.15, 0.2) is 36.4 Å². The molecule has 0 aliphatic carbocycles. The maximum absolute atomic E-state index is 10.4. The lowest BCUT2D eigenvalue weighted by atomic mass is 10.0. The van der Waals surface area contributed by atoms with Gasteiger partial charge in [-0.2, -0.15) is 0 Å². The Bertz CT molecular complexity index is 301. The third kappa shape index (κ3) is 2.71. The second-order valence-corrected chi connectivity index (χ2v) is 3.39. The van der Waals surface area contributed by atoms with Crippen molar-refractivity contribution < 1.29 is 4.79 Å². The predicted molar refractivity (Wildman–Crippen MR) is 55.8 cm³/mol. The highest BCUT2D eigenvalue weighted by Crippen LogP contribution is 2.21. The van der Waals surface area contributed by atoms with E-state index in [4.69, 9.17) is 11.6 Å². The van der Waals surface area contributed by atoms with E-state index in [0.29, 0.717) is 0 Å². The Balaban J connectivity index is 3.03. The van der Waals surface area contributed by atoms with E-state index in [1.807, 2.05) is 37.3 Å². The van der Waals surface area contributed by atoms with Gasteiger partial charge in [0.1, 0.15) is 6.29 Å². The van der Waals surface area contributed by atoms with Crippen molar-refractivity contribution in [3.63, 3.8) is 0 Å². The highest BCUT2D eigenvalue weighted by molar-refractivity contribution is 6.26. The summed E-state index contributed by atoms with van der Waals surface area (Å²) in [6.07, 6.45) is 2.27. The lowest BCUT2D eigenvalue weighted by Crippen LogP contribution is -1.96. The van der Waals surface area contributed by atoms with Gasteiger partial charge in [0.2, 0.25) is 0 Å². The van der Waals surface area contributed by atoms with E-state index >= 15 is 0 Å². The molecule has 1 aromatic carbocycles. The van der Waals surface area contributed by atoms with Crippen LogP contribution >= 0.6 is 11.6 Å². The zero-order chi connectivity index (χ0) is 9.68. The van der Waals surface area contributed by atoms with Crippen molar-refractivity contribution in [2.24, 2.45) is 0 Å². The number of carbonyl (C=O) groups is 1. The summed E-state index contributed by atoms with van der Waals surface area (Å²) in [5.74, 6) is 0. The molecule has 0 heterocycles. The summed E-state index contributed by atoms with van der Waals surface area (Å²) < 4.78 is 0. The summed E-state index contributed by atoms with van der Waals surface area (Å²) in [6.45, 7) is 1.85. The molecule has 0 aromatic heterocycles. The molecule has 1 rings (SSSR count). The van der Waals surface area contributed by atoms with E-state index in [-0.39, 0.29) is 5.38 Å². The third-order valence-electron chi connectivity index (χ3n) is 1.78. The van der Waals surface area contributed by atoms with Gasteiger partial charge in [0.25, 0.3) is 0 Å². The second kappa shape index (κ2) is 4.83. The average molecular weight is 195 g/mol. The van der Waals surface area contributed by atoms with Crippen molar-refractivity contribution in [3.05, 3.63) is 42.0 Å². The number of hydrogen-bond donors (Lipinski definition) is 0. The molecule has 1 unspecified atom stereocenters. The van der Waals surface area contributed by atoms with E-state index in [9.17, 15) is 4.79 Å². The number of alkyl halides is 1. The fourth-order valence-electron chi connectivity index (χ4n) is 1.16. The number of halogens is 1. The lowest BCUT2D eigenvalue weighted by molar-refractivity contribution is -0.104. The van der Waals surface area contributed by atoms with Crippen LogP contribution in [-0.2, 0) is 4.79 Å². The summed E-state index contributed by atoms with van der Waals surface area (Å²) in [5, 5.41) is -0.146. The van der Waals surface area contributed by atoms with Crippen LogP contribution in [0.1, 0.15) is 12.5 Å². The van der Waals surface area contributed by atoms with Gasteiger partial charge in [-0.25, -0.2) is 0 Å². The summed E-state index contributed by atoms with van der Waals surface area (Å²) in [4.78, 5) is 10.4. The Labute approximate surface area is 83.0 Å². The molecule has 1 aromatic rings. The molecule has 68 valence electrons. The van der Waals surface area contributed by atoms with Crippen LogP contribution in [0, 0.1) is 0 Å². The first-order valence-electron chi connectivity index (χ1n) is 4.10. The number of rotatable bonds is 3. The molecule has 0 aliphatic heterocycles. The fraction of sp³-hybridized carbons (Fsp3) is 0.182. The number of benzene rings is 1. The van der Waals surface area contributed by atoms with E-state index in [1.165, 1.54) is 6.08 Å². The maximum Gasteiger partial charge on any atom is 0.143 e. The zero-order valence-electron chi connectivity index (χ0n) is 7.41. The van der Waals surface area contributed by atoms with Gasteiger partial charge in [0.15, 0.2) is 0 Å². The maximum atomic E-state index is 10.4. The van der Waals surface area contributed by atoms with Gasteiger partial charge < -0.3 is 0 Å². The Morgan fingerprint density at radius 2 is 2.00 bits per heavy atom. The first kappa shape index (κ1) is 10.0. The average Bonchev–Trinajstić information content (AvgIpc) is 2.15. The van der Waals surface area contributed by atoms with Crippen LogP contribution in [0.2, 0.25) is 0 Å². The van der Waals surface area contributed by atoms with Crippen LogP contribution in [0.4, 0.5) is 0 Å². The largest absolute Gasteiger partial charge is 0.299 e. The zero-order valence-corrected chi connectivity index (χ0v) is 8.16. The van der Waals surface area contributed by atoms with Crippen molar-refractivity contribution in [1.82, 2.24) is 0 Å². The van der Waals surface area contributed by atoms with E-state index < -0.39 is 0 Å². The lowest BCUT2D eigenvalue weighted by Gasteiger charge is -2.07. The van der Waals surface area contributed by atoms with Gasteiger partial charge in [-0.3, -0.25) is 4.79 Å². The fourth-order valence-corrected chi connectivity index (χ4v) is 1.36. The smallest absolute Gasteiger partial charge is 0.143 e. The quantitative estimate of drug-likeness (QED) is 0.411. The van der Waals surface area contributed by atoms with Crippen molar-refractivity contribution >= 4 is 23.5 Å². The molecule has 0 bridgehead atoms. The summed E-state index contributed by atoms with van der Waals surface area (Å²) in [5.41, 5.74) is 1.86. The normalized spacial score (nSPS) is 13.8. The molecule has 0 radical (unpaired) electrons. The first-order chi connectivity index (χ1) is 6.25. The third-order valence-corrected chi connectivity index (χ3v) is 2.02. The molecule has 0 spiro atoms. The van der Waals surface area contributed by atoms with Gasteiger partial charge in [0.05, 0.1) is 5.38 Å². The topological polar surface area (TPSA) is 17.1 Å². The molecule has 2 heteroatoms. The highest BCUT2D eigenvalue weighted by Gasteiger charge is 2.06. The monoisotopic (exact) mass is 194 g/mol. The molecular weight excluding hydrogens is 184 g/mol. The van der Waals surface area contributed by atoms with Crippen molar-refractivity contribution in [3.8, 4) is 0 Å². The molecule has 13 heavy (non-hydrogen) atoms. The Morgan fingerprint density at radius 1 is 1.38 bits per heavy atom. The Hall–Kier alpha value is -1.08. The summed E-state index contributed by atoms with van der Waals surface area (Å²) in [7, 11) is 0. The Morgan fingerprint density at radius 3 is 2.46 bits per heavy atom. The minimum atomic E-state index is -0.146. The number of aldehydes is 1. The van der Waals surface area contributed by atoms with Crippen molar-refractivity contribution in [1.29, 1.82) is 0 Å². The molecule has 1 atom stereocenters. The molecule has 0 saturated heterocycles. The minimum absolute atomic E-state index is 0.146. The number of carbonyl (C=O) groups excluding carboxylic acids is 1. The first-order valence-corrected chi connectivity index (χ1v) is 4.54. The molecule has 0 amide bonds. The Kier molecular flexibility index (Phi) is 3.71. The summed E-state index contributed by atoms with van der Waals surface area (Å²) in [6, 6.07) is 9.66. The van der Waals surface area contributed by atoms with Crippen LogP contribution < -0.4 is 0 Å². The summed E-state index contributed by atoms with van der Waals surface area (Å²) >= 11 is 5.93. The standard InChI is InChI=1S/C11H11ClO/c1-9(12)11(7-8-13)10-5-3-2-4-6-10/h2-9H,1H3/b11-7+. The SMILES string of the molecule is CC(Cl)/C(=C\C=O)c1ccccc1. The van der Waals surface area contributed by atoms with E-state index in [2.05, 4.69) is 0 Å². The van der Waals surface area contributed by atoms with Crippen molar-refractivity contribution in [2.45, 2.75) is 12.3 Å². The van der Waals surface area contributed by atoms with Gasteiger partial charge >= 0.3 is 0 Å². The van der Waals surface area contributed by atoms with Crippen LogP contribution in [-0.4, -0.2) is 11.7 Å². The molecule has 0 aliphatic rings. The van der Waals surface area contributed by atoms with Gasteiger partial charge in [-0.1, -0.05) is 30.3 Å². The van der Waals surface area contributed by atoms with E-state index in [0.717, 1.165) is 17.4 Å². The predicted octanol–water partition coefficient (Wildman–Crippen LogP) is 2.90. The molecular formula is C11H11ClO. The molecule has 0 fully saturated rings. The van der Waals surface area contributed by atoms with Crippen LogP contribution in [0.25, 0.3) is 5.57 Å². The molecule has 0 saturated carbocycles. The van der Waals surface area contributed by atoms with Gasteiger partial charge in [0, 0.05) is 0 Å². The second-order valence-electron chi connectivity index (χ2n) is 2.74. The highest BCUT2D eigenvalue weighted by atomic mass is 35.5. The number of hydrogen-bond acceptors (Lipinski definition) is 1. The van der Waals surface area contributed by atoms with Gasteiger partial charge in [-0.05, 0) is 24.1 Å². The number of allylic oxidation sites excluding steroid dienone is 2. The van der Waals surface area contributed by atoms with Crippen LogP contribution in [0.5, 0.6) is 0 Å². The molecule has 0 N–H and O–H groups in total. The van der Waals surface area contributed by atoms with Gasteiger partial charge in [-0.15, -0.1) is 11.6 Å². The molecule has 1 nitrogen and oxygen atoms in total.